The minimum atomic E-state index is -0.337. The second-order valence-electron chi connectivity index (χ2n) is 2.67. The van der Waals surface area contributed by atoms with Crippen LogP contribution in [0.5, 0.6) is 0 Å². The molecule has 0 spiro atoms. The van der Waals surface area contributed by atoms with E-state index in [0.29, 0.717) is 19.0 Å². The van der Waals surface area contributed by atoms with E-state index in [1.165, 1.54) is 6.33 Å². The van der Waals surface area contributed by atoms with Crippen molar-refractivity contribution in [3.05, 3.63) is 21.7 Å². The van der Waals surface area contributed by atoms with E-state index in [2.05, 4.69) is 15.3 Å². The van der Waals surface area contributed by atoms with Crippen molar-refractivity contribution in [1.82, 2.24) is 9.97 Å². The highest BCUT2D eigenvalue weighted by atomic mass is 35.5. The van der Waals surface area contributed by atoms with Crippen LogP contribution in [0.25, 0.3) is 0 Å². The minimum Gasteiger partial charge on any atom is -0.385 e. The number of H-pyrrole nitrogens is 1. The maximum absolute atomic E-state index is 11.0. The first-order valence-corrected chi connectivity index (χ1v) is 4.59. The van der Waals surface area contributed by atoms with Crippen molar-refractivity contribution < 1.29 is 4.74 Å². The maximum atomic E-state index is 11.0. The zero-order valence-electron chi connectivity index (χ0n) is 7.84. The summed E-state index contributed by atoms with van der Waals surface area (Å²) in [5, 5.41) is 3.03. The molecule has 6 heteroatoms. The van der Waals surface area contributed by atoms with Crippen molar-refractivity contribution in [2.24, 2.45) is 0 Å². The molecule has 1 rings (SSSR count). The Labute approximate surface area is 86.5 Å². The number of rotatable bonds is 5. The van der Waals surface area contributed by atoms with Gasteiger partial charge in [-0.3, -0.25) is 4.79 Å². The van der Waals surface area contributed by atoms with Crippen LogP contribution in [0.3, 0.4) is 0 Å². The van der Waals surface area contributed by atoms with Gasteiger partial charge in [0.1, 0.15) is 5.02 Å². The second kappa shape index (κ2) is 5.62. The third-order valence-corrected chi connectivity index (χ3v) is 1.96. The molecule has 0 unspecified atom stereocenters. The molecule has 0 saturated heterocycles. The van der Waals surface area contributed by atoms with Gasteiger partial charge in [-0.05, 0) is 6.42 Å². The average molecular weight is 218 g/mol. The first-order valence-electron chi connectivity index (χ1n) is 4.21. The van der Waals surface area contributed by atoms with E-state index in [4.69, 9.17) is 16.3 Å². The van der Waals surface area contributed by atoms with Gasteiger partial charge in [0.25, 0.3) is 5.56 Å². The summed E-state index contributed by atoms with van der Waals surface area (Å²) in [5.74, 6) is 0.409. The number of hydrogen-bond donors (Lipinski definition) is 2. The summed E-state index contributed by atoms with van der Waals surface area (Å²) in [6.07, 6.45) is 2.15. The number of aromatic amines is 1. The van der Waals surface area contributed by atoms with Crippen molar-refractivity contribution >= 4 is 17.4 Å². The molecule has 1 heterocycles. The highest BCUT2D eigenvalue weighted by molar-refractivity contribution is 6.32. The second-order valence-corrected chi connectivity index (χ2v) is 3.05. The molecule has 0 bridgehead atoms. The molecule has 14 heavy (non-hydrogen) atoms. The van der Waals surface area contributed by atoms with Gasteiger partial charge < -0.3 is 15.0 Å². The number of methoxy groups -OCH3 is 1. The monoisotopic (exact) mass is 217 g/mol. The Hall–Kier alpha value is -1.07. The van der Waals surface area contributed by atoms with Crippen molar-refractivity contribution in [1.29, 1.82) is 0 Å². The van der Waals surface area contributed by atoms with Crippen LogP contribution in [0.15, 0.2) is 11.1 Å². The first kappa shape index (κ1) is 11.0. The first-order chi connectivity index (χ1) is 6.75. The largest absolute Gasteiger partial charge is 0.385 e. The third-order valence-electron chi connectivity index (χ3n) is 1.61. The summed E-state index contributed by atoms with van der Waals surface area (Å²) in [6, 6.07) is 0. The lowest BCUT2D eigenvalue weighted by Gasteiger charge is -2.05. The Kier molecular flexibility index (Phi) is 4.42. The Morgan fingerprint density at radius 3 is 3.21 bits per heavy atom. The van der Waals surface area contributed by atoms with Gasteiger partial charge >= 0.3 is 0 Å². The van der Waals surface area contributed by atoms with Crippen molar-refractivity contribution in [3.63, 3.8) is 0 Å². The molecule has 0 aromatic carbocycles. The molecule has 0 radical (unpaired) electrons. The summed E-state index contributed by atoms with van der Waals surface area (Å²) in [6.45, 7) is 1.33. The van der Waals surface area contributed by atoms with Crippen LogP contribution in [0, 0.1) is 0 Å². The number of anilines is 1. The van der Waals surface area contributed by atoms with E-state index in [0.717, 1.165) is 6.42 Å². The fourth-order valence-electron chi connectivity index (χ4n) is 0.930. The van der Waals surface area contributed by atoms with Gasteiger partial charge in [0, 0.05) is 20.3 Å². The predicted octanol–water partition coefficient (Wildman–Crippen LogP) is 0.872. The number of aromatic nitrogens is 2. The topological polar surface area (TPSA) is 67.0 Å². The highest BCUT2D eigenvalue weighted by Gasteiger charge is 2.03. The third kappa shape index (κ3) is 3.01. The van der Waals surface area contributed by atoms with E-state index in [1.807, 2.05) is 0 Å². The Bertz CT molecular complexity index is 340. The molecule has 1 aromatic rings. The Morgan fingerprint density at radius 2 is 2.50 bits per heavy atom. The van der Waals surface area contributed by atoms with E-state index in [9.17, 15) is 4.79 Å². The predicted molar refractivity (Wildman–Crippen MR) is 54.9 cm³/mol. The molecule has 0 amide bonds. The fraction of sp³-hybridized carbons (Fsp3) is 0.500. The molecule has 78 valence electrons. The van der Waals surface area contributed by atoms with Gasteiger partial charge in [-0.15, -0.1) is 0 Å². The van der Waals surface area contributed by atoms with Crippen molar-refractivity contribution in [2.45, 2.75) is 6.42 Å². The molecule has 0 aliphatic rings. The fourth-order valence-corrected chi connectivity index (χ4v) is 1.10. The molecule has 0 aliphatic carbocycles. The highest BCUT2D eigenvalue weighted by Crippen LogP contribution is 2.11. The normalized spacial score (nSPS) is 10.1. The minimum absolute atomic E-state index is 0.0879. The molecule has 1 aromatic heterocycles. The maximum Gasteiger partial charge on any atom is 0.271 e. The summed E-state index contributed by atoms with van der Waals surface area (Å²) in [5.41, 5.74) is -0.337. The molecular formula is C8H12ClN3O2. The summed E-state index contributed by atoms with van der Waals surface area (Å²) >= 11 is 5.71. The van der Waals surface area contributed by atoms with E-state index in [-0.39, 0.29) is 10.6 Å². The van der Waals surface area contributed by atoms with Gasteiger partial charge in [-0.25, -0.2) is 4.98 Å². The molecule has 5 nitrogen and oxygen atoms in total. The van der Waals surface area contributed by atoms with Crippen molar-refractivity contribution in [3.8, 4) is 0 Å². The van der Waals surface area contributed by atoms with Crippen LogP contribution >= 0.6 is 11.6 Å². The molecule has 0 atom stereocenters. The van der Waals surface area contributed by atoms with Crippen molar-refractivity contribution in [2.75, 3.05) is 25.6 Å². The van der Waals surface area contributed by atoms with Gasteiger partial charge in [-0.1, -0.05) is 11.6 Å². The summed E-state index contributed by atoms with van der Waals surface area (Å²) < 4.78 is 4.87. The Balaban J connectivity index is 2.51. The van der Waals surface area contributed by atoms with Gasteiger partial charge in [-0.2, -0.15) is 0 Å². The smallest absolute Gasteiger partial charge is 0.271 e. The summed E-state index contributed by atoms with van der Waals surface area (Å²) in [4.78, 5) is 17.3. The number of halogens is 1. The molecule has 0 saturated carbocycles. The number of nitrogens with zero attached hydrogens (tertiary/aromatic N) is 1. The molecule has 0 fully saturated rings. The number of nitrogens with one attached hydrogen (secondary N) is 2. The van der Waals surface area contributed by atoms with Crippen LogP contribution in [0.2, 0.25) is 5.02 Å². The lowest BCUT2D eigenvalue weighted by molar-refractivity contribution is 0.198. The van der Waals surface area contributed by atoms with E-state index < -0.39 is 0 Å². The molecular weight excluding hydrogens is 206 g/mol. The molecule has 2 N–H and O–H groups in total. The quantitative estimate of drug-likeness (QED) is 0.719. The van der Waals surface area contributed by atoms with Gasteiger partial charge in [0.2, 0.25) is 0 Å². The zero-order chi connectivity index (χ0) is 10.4. The van der Waals surface area contributed by atoms with E-state index in [1.54, 1.807) is 7.11 Å². The van der Waals surface area contributed by atoms with Gasteiger partial charge in [0.15, 0.2) is 5.82 Å². The van der Waals surface area contributed by atoms with Crippen LogP contribution in [-0.4, -0.2) is 30.2 Å². The molecule has 0 aliphatic heterocycles. The average Bonchev–Trinajstić information content (AvgIpc) is 2.19. The summed E-state index contributed by atoms with van der Waals surface area (Å²) in [7, 11) is 1.64. The SMILES string of the molecule is COCCCNc1nc[nH]c(=O)c1Cl. The number of hydrogen-bond acceptors (Lipinski definition) is 4. The standard InChI is InChI=1S/C8H12ClN3O2/c1-14-4-2-3-10-7-6(9)8(13)12-5-11-7/h5H,2-4H2,1H3,(H2,10,11,12,13). The lowest BCUT2D eigenvalue weighted by Crippen LogP contribution is -2.13. The Morgan fingerprint density at radius 1 is 1.71 bits per heavy atom. The number of ether oxygens (including phenoxy) is 1. The van der Waals surface area contributed by atoms with Crippen LogP contribution in [-0.2, 0) is 4.74 Å². The van der Waals surface area contributed by atoms with Crippen LogP contribution in [0.1, 0.15) is 6.42 Å². The van der Waals surface area contributed by atoms with Crippen LogP contribution in [0.4, 0.5) is 5.82 Å². The van der Waals surface area contributed by atoms with Gasteiger partial charge in [0.05, 0.1) is 6.33 Å². The van der Waals surface area contributed by atoms with E-state index >= 15 is 0 Å². The zero-order valence-corrected chi connectivity index (χ0v) is 8.60. The van der Waals surface area contributed by atoms with Crippen LogP contribution < -0.4 is 10.9 Å². The lowest BCUT2D eigenvalue weighted by atomic mass is 10.4.